The zero-order valence-electron chi connectivity index (χ0n) is 18.7. The van der Waals surface area contributed by atoms with Crippen molar-refractivity contribution in [3.63, 3.8) is 0 Å². The Morgan fingerprint density at radius 2 is 2.00 bits per heavy atom. The highest BCUT2D eigenvalue weighted by Gasteiger charge is 2.44. The monoisotopic (exact) mass is 435 g/mol. The molecule has 1 aromatic heterocycles. The molecule has 1 amide bonds. The lowest BCUT2D eigenvalue weighted by atomic mass is 9.90. The Morgan fingerprint density at radius 3 is 2.66 bits per heavy atom. The van der Waals surface area contributed by atoms with E-state index in [9.17, 15) is 4.79 Å². The summed E-state index contributed by atoms with van der Waals surface area (Å²) in [4.78, 5) is 16.7. The molecule has 2 unspecified atom stereocenters. The number of aromatic nitrogens is 1. The molecule has 2 aliphatic rings. The average molecular weight is 436 g/mol. The largest absolute Gasteiger partial charge is 0.493 e. The quantitative estimate of drug-likeness (QED) is 0.745. The SMILES string of the molecule is CC(C)(C)OC(=O)NC1C[C@H]2CC[C@H](O2)C1COc1ccc(-c2ccc(C#N)cn2)cc1. The molecule has 0 radical (unpaired) electrons. The first-order chi connectivity index (χ1) is 15.3. The molecule has 2 fully saturated rings. The zero-order valence-corrected chi connectivity index (χ0v) is 18.7. The van der Waals surface area contributed by atoms with Gasteiger partial charge in [-0.2, -0.15) is 5.26 Å². The number of rotatable bonds is 5. The molecule has 4 rings (SSSR count). The second-order valence-corrected chi connectivity index (χ2v) is 9.41. The molecule has 2 aliphatic heterocycles. The molecule has 7 nitrogen and oxygen atoms in total. The highest BCUT2D eigenvalue weighted by molar-refractivity contribution is 5.68. The van der Waals surface area contributed by atoms with Crippen molar-refractivity contribution in [2.45, 2.75) is 63.9 Å². The maximum atomic E-state index is 12.4. The molecule has 4 atom stereocenters. The van der Waals surface area contributed by atoms with Crippen LogP contribution in [0.4, 0.5) is 4.79 Å². The first-order valence-electron chi connectivity index (χ1n) is 11.0. The number of nitriles is 1. The molecule has 1 N–H and O–H groups in total. The molecule has 168 valence electrons. The Labute approximate surface area is 188 Å². The fourth-order valence-corrected chi connectivity index (χ4v) is 4.33. The van der Waals surface area contributed by atoms with Crippen molar-refractivity contribution < 1.29 is 19.0 Å². The van der Waals surface area contributed by atoms with Gasteiger partial charge < -0.3 is 19.5 Å². The van der Waals surface area contributed by atoms with E-state index >= 15 is 0 Å². The minimum Gasteiger partial charge on any atom is -0.493 e. The summed E-state index contributed by atoms with van der Waals surface area (Å²) < 4.78 is 17.7. The van der Waals surface area contributed by atoms with Crippen LogP contribution in [0.2, 0.25) is 0 Å². The van der Waals surface area contributed by atoms with Crippen molar-refractivity contribution in [1.29, 1.82) is 5.26 Å². The standard InChI is InChI=1S/C25H29N3O4/c1-25(2,3)32-24(29)28-22-12-19-9-11-23(31-19)20(22)15-30-18-7-5-17(6-8-18)21-10-4-16(13-26)14-27-21/h4-8,10,14,19-20,22-23H,9,11-12,15H2,1-3H3,(H,28,29)/t19-,20?,22?,23+/m1/s1. The molecule has 2 bridgehead atoms. The lowest BCUT2D eigenvalue weighted by Crippen LogP contribution is -2.52. The number of ether oxygens (including phenoxy) is 3. The van der Waals surface area contributed by atoms with Gasteiger partial charge in [-0.25, -0.2) is 4.79 Å². The zero-order chi connectivity index (χ0) is 22.7. The number of pyridine rings is 1. The van der Waals surface area contributed by atoms with Crippen molar-refractivity contribution in [3.05, 3.63) is 48.2 Å². The van der Waals surface area contributed by atoms with Crippen molar-refractivity contribution >= 4 is 6.09 Å². The van der Waals surface area contributed by atoms with Crippen LogP contribution in [-0.4, -0.2) is 41.5 Å². The smallest absolute Gasteiger partial charge is 0.407 e. The normalized spacial score (nSPS) is 24.4. The first-order valence-corrected chi connectivity index (χ1v) is 11.0. The summed E-state index contributed by atoms with van der Waals surface area (Å²) in [5.74, 6) is 0.805. The van der Waals surface area contributed by atoms with Crippen LogP contribution >= 0.6 is 0 Å². The Morgan fingerprint density at radius 1 is 1.22 bits per heavy atom. The number of nitrogens with zero attached hydrogens (tertiary/aromatic N) is 2. The summed E-state index contributed by atoms with van der Waals surface area (Å²) in [6.07, 6.45) is 4.20. The lowest BCUT2D eigenvalue weighted by Gasteiger charge is -2.37. The number of benzene rings is 1. The van der Waals surface area contributed by atoms with E-state index in [-0.39, 0.29) is 24.2 Å². The maximum absolute atomic E-state index is 12.4. The van der Waals surface area contributed by atoms with E-state index < -0.39 is 11.7 Å². The molecule has 0 aliphatic carbocycles. The van der Waals surface area contributed by atoms with Crippen LogP contribution in [0.1, 0.15) is 45.6 Å². The van der Waals surface area contributed by atoms with Crippen LogP contribution in [0.3, 0.4) is 0 Å². The first kappa shape index (κ1) is 22.1. The summed E-state index contributed by atoms with van der Waals surface area (Å²) in [7, 11) is 0. The van der Waals surface area contributed by atoms with Crippen LogP contribution in [0, 0.1) is 17.2 Å². The van der Waals surface area contributed by atoms with Gasteiger partial charge in [0.1, 0.15) is 17.4 Å². The Balaban J connectivity index is 1.39. The molecule has 0 spiro atoms. The molecular formula is C25H29N3O4. The second kappa shape index (κ2) is 9.17. The van der Waals surface area contributed by atoms with E-state index in [2.05, 4.69) is 16.4 Å². The number of nitrogens with one attached hydrogen (secondary N) is 1. The van der Waals surface area contributed by atoms with Crippen molar-refractivity contribution in [2.24, 2.45) is 5.92 Å². The third-order valence-corrected chi connectivity index (χ3v) is 5.84. The summed E-state index contributed by atoms with van der Waals surface area (Å²) in [5, 5.41) is 12.0. The van der Waals surface area contributed by atoms with Gasteiger partial charge in [0.2, 0.25) is 0 Å². The van der Waals surface area contributed by atoms with Gasteiger partial charge in [-0.3, -0.25) is 4.98 Å². The van der Waals surface area contributed by atoms with Gasteiger partial charge in [0.15, 0.2) is 0 Å². The van der Waals surface area contributed by atoms with E-state index in [0.717, 1.165) is 36.3 Å². The molecule has 0 saturated carbocycles. The number of hydrogen-bond acceptors (Lipinski definition) is 6. The highest BCUT2D eigenvalue weighted by Crippen LogP contribution is 2.37. The minimum absolute atomic E-state index is 0.0433. The minimum atomic E-state index is -0.536. The fourth-order valence-electron chi connectivity index (χ4n) is 4.33. The summed E-state index contributed by atoms with van der Waals surface area (Å²) in [6, 6.07) is 13.3. The van der Waals surface area contributed by atoms with Crippen molar-refractivity contribution in [3.8, 4) is 23.1 Å². The Bertz CT molecular complexity index is 976. The van der Waals surface area contributed by atoms with Gasteiger partial charge in [-0.1, -0.05) is 0 Å². The van der Waals surface area contributed by atoms with Gasteiger partial charge in [0.05, 0.1) is 30.1 Å². The van der Waals surface area contributed by atoms with Crippen molar-refractivity contribution in [1.82, 2.24) is 10.3 Å². The van der Waals surface area contributed by atoms with Crippen molar-refractivity contribution in [2.75, 3.05) is 6.61 Å². The van der Waals surface area contributed by atoms with Crippen LogP contribution in [0.5, 0.6) is 5.75 Å². The van der Waals surface area contributed by atoms with Gasteiger partial charge in [-0.15, -0.1) is 0 Å². The van der Waals surface area contributed by atoms with E-state index in [1.165, 1.54) is 0 Å². The number of alkyl carbamates (subject to hydrolysis) is 1. The molecule has 1 aromatic carbocycles. The van der Waals surface area contributed by atoms with Crippen LogP contribution < -0.4 is 10.1 Å². The Kier molecular flexibility index (Phi) is 6.33. The Hall–Kier alpha value is -3.11. The van der Waals surface area contributed by atoms with Gasteiger partial charge in [0, 0.05) is 23.7 Å². The van der Waals surface area contributed by atoms with Gasteiger partial charge in [-0.05, 0) is 76.4 Å². The van der Waals surface area contributed by atoms with E-state index in [0.29, 0.717) is 12.2 Å². The third-order valence-electron chi connectivity index (χ3n) is 5.84. The van der Waals surface area contributed by atoms with E-state index in [4.69, 9.17) is 19.5 Å². The predicted molar refractivity (Wildman–Crippen MR) is 119 cm³/mol. The summed E-state index contributed by atoms with van der Waals surface area (Å²) in [5.41, 5.74) is 1.75. The summed E-state index contributed by atoms with van der Waals surface area (Å²) >= 11 is 0. The second-order valence-electron chi connectivity index (χ2n) is 9.41. The van der Waals surface area contributed by atoms with Crippen LogP contribution in [0.25, 0.3) is 11.3 Å². The predicted octanol–water partition coefficient (Wildman–Crippen LogP) is 4.46. The summed E-state index contributed by atoms with van der Waals surface area (Å²) in [6.45, 7) is 6.03. The molecule has 32 heavy (non-hydrogen) atoms. The number of carbonyl (C=O) groups is 1. The van der Waals surface area contributed by atoms with Gasteiger partial charge in [0.25, 0.3) is 0 Å². The lowest BCUT2D eigenvalue weighted by molar-refractivity contribution is -0.0619. The average Bonchev–Trinajstić information content (AvgIpc) is 3.15. The van der Waals surface area contributed by atoms with Crippen LogP contribution in [-0.2, 0) is 9.47 Å². The topological polar surface area (TPSA) is 93.5 Å². The molecule has 7 heteroatoms. The van der Waals surface area contributed by atoms with E-state index in [1.807, 2.05) is 51.1 Å². The number of amides is 1. The fraction of sp³-hybridized carbons (Fsp3) is 0.480. The molecular weight excluding hydrogens is 406 g/mol. The third kappa shape index (κ3) is 5.38. The maximum Gasteiger partial charge on any atom is 0.407 e. The molecule has 2 saturated heterocycles. The number of hydrogen-bond donors (Lipinski definition) is 1. The van der Waals surface area contributed by atoms with E-state index in [1.54, 1.807) is 12.3 Å². The number of fused-ring (bicyclic) bond motifs is 2. The molecule has 3 heterocycles. The number of carbonyl (C=O) groups excluding carboxylic acids is 1. The van der Waals surface area contributed by atoms with Crippen LogP contribution in [0.15, 0.2) is 42.6 Å². The molecule has 2 aromatic rings. The van der Waals surface area contributed by atoms with Gasteiger partial charge >= 0.3 is 6.09 Å². The highest BCUT2D eigenvalue weighted by atomic mass is 16.6.